The van der Waals surface area contributed by atoms with Crippen LogP contribution in [0.15, 0.2) is 115 Å². The van der Waals surface area contributed by atoms with Crippen LogP contribution in [0.5, 0.6) is 0 Å². The second-order valence-electron chi connectivity index (χ2n) is 7.05. The lowest BCUT2D eigenvalue weighted by Crippen LogP contribution is -2.25. The third-order valence-electron chi connectivity index (χ3n) is 5.12. The highest BCUT2D eigenvalue weighted by atomic mass is 32.2. The Morgan fingerprint density at radius 3 is 1.32 bits per heavy atom. The van der Waals surface area contributed by atoms with Gasteiger partial charge in [0.05, 0.1) is 4.75 Å². The molecule has 0 radical (unpaired) electrons. The lowest BCUT2D eigenvalue weighted by atomic mass is 9.84. The van der Waals surface area contributed by atoms with Crippen molar-refractivity contribution >= 4 is 11.8 Å². The third kappa shape index (κ3) is 3.76. The number of aryl methyl sites for hydroxylation is 1. The van der Waals surface area contributed by atoms with Gasteiger partial charge in [-0.15, -0.1) is 11.8 Å². The van der Waals surface area contributed by atoms with Crippen LogP contribution in [0.1, 0.15) is 27.8 Å². The molecular formula is C27H24S. The van der Waals surface area contributed by atoms with E-state index in [9.17, 15) is 0 Å². The van der Waals surface area contributed by atoms with Crippen LogP contribution in [-0.2, 0) is 10.5 Å². The molecule has 0 nitrogen and oxygen atoms in total. The second kappa shape index (κ2) is 8.50. The van der Waals surface area contributed by atoms with Crippen LogP contribution >= 0.6 is 11.8 Å². The van der Waals surface area contributed by atoms with Gasteiger partial charge in [0.2, 0.25) is 0 Å². The van der Waals surface area contributed by atoms with Crippen molar-refractivity contribution in [2.24, 2.45) is 0 Å². The maximum atomic E-state index is 2.25. The molecule has 0 aliphatic rings. The van der Waals surface area contributed by atoms with Crippen molar-refractivity contribution in [2.45, 2.75) is 17.4 Å². The van der Waals surface area contributed by atoms with Crippen LogP contribution in [0, 0.1) is 6.92 Å². The maximum absolute atomic E-state index is 2.25. The maximum Gasteiger partial charge on any atom is 0.0910 e. The zero-order chi connectivity index (χ0) is 19.2. The van der Waals surface area contributed by atoms with Crippen LogP contribution in [0.3, 0.4) is 0 Å². The smallest absolute Gasteiger partial charge is 0.0910 e. The molecule has 4 aromatic carbocycles. The molecule has 0 heterocycles. The van der Waals surface area contributed by atoms with Gasteiger partial charge in [-0.1, -0.05) is 121 Å². The van der Waals surface area contributed by atoms with Gasteiger partial charge in [-0.05, 0) is 29.2 Å². The topological polar surface area (TPSA) is 0 Å². The molecule has 0 saturated heterocycles. The van der Waals surface area contributed by atoms with Gasteiger partial charge in [0, 0.05) is 5.75 Å². The predicted octanol–water partition coefficient (Wildman–Crippen LogP) is 7.22. The fourth-order valence-corrected chi connectivity index (χ4v) is 5.13. The van der Waals surface area contributed by atoms with Gasteiger partial charge >= 0.3 is 0 Å². The van der Waals surface area contributed by atoms with Gasteiger partial charge in [-0.2, -0.15) is 0 Å². The minimum atomic E-state index is -0.255. The Kier molecular flexibility index (Phi) is 5.64. The first-order chi connectivity index (χ1) is 13.8. The molecule has 0 atom stereocenters. The average molecular weight is 381 g/mol. The summed E-state index contributed by atoms with van der Waals surface area (Å²) in [6.45, 7) is 2.14. The lowest BCUT2D eigenvalue weighted by molar-refractivity contribution is 0.893. The lowest BCUT2D eigenvalue weighted by Gasteiger charge is -2.35. The number of thioether (sulfide) groups is 1. The Hall–Kier alpha value is -2.77. The molecule has 0 N–H and O–H groups in total. The zero-order valence-corrected chi connectivity index (χ0v) is 16.9. The molecular weight excluding hydrogens is 356 g/mol. The van der Waals surface area contributed by atoms with Crippen molar-refractivity contribution in [3.63, 3.8) is 0 Å². The largest absolute Gasteiger partial charge is 0.136 e. The summed E-state index contributed by atoms with van der Waals surface area (Å²) in [5.41, 5.74) is 6.58. The Balaban J connectivity index is 1.86. The summed E-state index contributed by atoms with van der Waals surface area (Å²) < 4.78 is -0.255. The van der Waals surface area contributed by atoms with Gasteiger partial charge in [0.1, 0.15) is 0 Å². The van der Waals surface area contributed by atoms with E-state index in [-0.39, 0.29) is 4.75 Å². The minimum absolute atomic E-state index is 0.255. The van der Waals surface area contributed by atoms with E-state index in [1.165, 1.54) is 27.8 Å². The first kappa shape index (κ1) is 18.6. The van der Waals surface area contributed by atoms with E-state index in [1.54, 1.807) is 0 Å². The van der Waals surface area contributed by atoms with Crippen molar-refractivity contribution in [1.29, 1.82) is 0 Å². The van der Waals surface area contributed by atoms with E-state index < -0.39 is 0 Å². The highest BCUT2D eigenvalue weighted by Crippen LogP contribution is 2.49. The number of hydrogen-bond donors (Lipinski definition) is 0. The molecule has 138 valence electrons. The molecule has 0 aliphatic heterocycles. The minimum Gasteiger partial charge on any atom is -0.136 e. The SMILES string of the molecule is Cc1ccc(CSC(c2ccccc2)(c2ccccc2)c2ccccc2)cc1. The molecule has 0 spiro atoms. The molecule has 0 bridgehead atoms. The monoisotopic (exact) mass is 380 g/mol. The Morgan fingerprint density at radius 1 is 0.536 bits per heavy atom. The Labute approximate surface area is 172 Å². The van der Waals surface area contributed by atoms with Crippen molar-refractivity contribution in [2.75, 3.05) is 0 Å². The summed E-state index contributed by atoms with van der Waals surface area (Å²) in [5, 5.41) is 0. The quantitative estimate of drug-likeness (QED) is 0.318. The number of benzene rings is 4. The molecule has 0 amide bonds. The first-order valence-electron chi connectivity index (χ1n) is 9.65. The summed E-state index contributed by atoms with van der Waals surface area (Å²) in [6, 6.07) is 41.5. The van der Waals surface area contributed by atoms with Crippen molar-refractivity contribution < 1.29 is 0 Å². The van der Waals surface area contributed by atoms with Gasteiger partial charge in [0.15, 0.2) is 0 Å². The third-order valence-corrected chi connectivity index (χ3v) is 6.73. The summed E-state index contributed by atoms with van der Waals surface area (Å²) in [6.07, 6.45) is 0. The normalized spacial score (nSPS) is 11.3. The van der Waals surface area contributed by atoms with Gasteiger partial charge in [-0.25, -0.2) is 0 Å². The molecule has 0 fully saturated rings. The fraction of sp³-hybridized carbons (Fsp3) is 0.111. The van der Waals surface area contributed by atoms with Crippen LogP contribution in [0.25, 0.3) is 0 Å². The van der Waals surface area contributed by atoms with E-state index in [0.29, 0.717) is 0 Å². The molecule has 0 aliphatic carbocycles. The number of rotatable bonds is 6. The molecule has 4 aromatic rings. The van der Waals surface area contributed by atoms with Crippen molar-refractivity contribution in [1.82, 2.24) is 0 Å². The predicted molar refractivity (Wildman–Crippen MR) is 122 cm³/mol. The van der Waals surface area contributed by atoms with Crippen molar-refractivity contribution in [3.05, 3.63) is 143 Å². The van der Waals surface area contributed by atoms with Crippen LogP contribution in [0.4, 0.5) is 0 Å². The van der Waals surface area contributed by atoms with Crippen molar-refractivity contribution in [3.8, 4) is 0 Å². The van der Waals surface area contributed by atoms with Crippen LogP contribution in [0.2, 0.25) is 0 Å². The summed E-state index contributed by atoms with van der Waals surface area (Å²) in [7, 11) is 0. The molecule has 0 unspecified atom stereocenters. The zero-order valence-electron chi connectivity index (χ0n) is 16.1. The molecule has 0 aromatic heterocycles. The fourth-order valence-electron chi connectivity index (χ4n) is 3.64. The van der Waals surface area contributed by atoms with Crippen LogP contribution < -0.4 is 0 Å². The summed E-state index contributed by atoms with van der Waals surface area (Å²) in [4.78, 5) is 0. The highest BCUT2D eigenvalue weighted by molar-refractivity contribution is 7.99. The Morgan fingerprint density at radius 2 is 0.929 bits per heavy atom. The Bertz CT molecular complexity index is 894. The van der Waals surface area contributed by atoms with E-state index in [2.05, 4.69) is 122 Å². The van der Waals surface area contributed by atoms with E-state index in [1.807, 2.05) is 11.8 Å². The average Bonchev–Trinajstić information content (AvgIpc) is 2.78. The van der Waals surface area contributed by atoms with E-state index in [0.717, 1.165) is 5.75 Å². The van der Waals surface area contributed by atoms with Gasteiger partial charge in [-0.3, -0.25) is 0 Å². The molecule has 0 saturated carbocycles. The summed E-state index contributed by atoms with van der Waals surface area (Å²) in [5.74, 6) is 0.943. The van der Waals surface area contributed by atoms with Gasteiger partial charge < -0.3 is 0 Å². The second-order valence-corrected chi connectivity index (χ2v) is 8.24. The van der Waals surface area contributed by atoms with E-state index in [4.69, 9.17) is 0 Å². The molecule has 4 rings (SSSR count). The molecule has 28 heavy (non-hydrogen) atoms. The summed E-state index contributed by atoms with van der Waals surface area (Å²) >= 11 is 1.99. The van der Waals surface area contributed by atoms with Gasteiger partial charge in [0.25, 0.3) is 0 Å². The highest BCUT2D eigenvalue weighted by Gasteiger charge is 2.36. The molecule has 1 heteroatoms. The number of hydrogen-bond acceptors (Lipinski definition) is 1. The standard InChI is InChI=1S/C27H24S/c1-22-17-19-23(20-18-22)21-28-27(24-11-5-2-6-12-24,25-13-7-3-8-14-25)26-15-9-4-10-16-26/h2-20H,21H2,1H3. The van der Waals surface area contributed by atoms with Crippen LogP contribution in [-0.4, -0.2) is 0 Å². The first-order valence-corrected chi connectivity index (χ1v) is 10.6. The van der Waals surface area contributed by atoms with E-state index >= 15 is 0 Å².